The minimum atomic E-state index is -0.448. The molecule has 1 aliphatic rings. The number of H-pyrrole nitrogens is 1. The first-order chi connectivity index (χ1) is 11.7. The van der Waals surface area contributed by atoms with Crippen molar-refractivity contribution in [2.75, 3.05) is 5.75 Å². The second-order valence-corrected chi connectivity index (χ2v) is 8.56. The molecule has 1 aromatic heterocycles. The molecule has 0 aliphatic carbocycles. The van der Waals surface area contributed by atoms with Gasteiger partial charge >= 0.3 is 7.12 Å². The Balaban J connectivity index is 1.92. The third-order valence-corrected chi connectivity index (χ3v) is 5.81. The third kappa shape index (κ3) is 3.86. The molecular formula is C19H24BNO3S. The number of hydrogen-bond acceptors (Lipinski definition) is 4. The molecular weight excluding hydrogens is 333 g/mol. The topological polar surface area (TPSA) is 51.3 Å². The normalized spacial score (nSPS) is 19.6. The molecule has 1 aliphatic heterocycles. The van der Waals surface area contributed by atoms with Crippen molar-refractivity contribution in [2.24, 2.45) is 0 Å². The molecule has 2 heterocycles. The van der Waals surface area contributed by atoms with Crippen LogP contribution in [0.25, 0.3) is 17.0 Å². The SMILES string of the molecule is CC(=O)SCC(=Cc1ccc2cc[nH]c2c1)B1OC(C)(C)C(C)(C)O1. The van der Waals surface area contributed by atoms with E-state index in [1.165, 1.54) is 17.1 Å². The van der Waals surface area contributed by atoms with Gasteiger partial charge in [-0.05, 0) is 56.2 Å². The Morgan fingerprint density at radius 1 is 1.20 bits per heavy atom. The van der Waals surface area contributed by atoms with Gasteiger partial charge < -0.3 is 14.3 Å². The molecule has 6 heteroatoms. The Labute approximate surface area is 153 Å². The molecule has 0 amide bonds. The van der Waals surface area contributed by atoms with E-state index in [9.17, 15) is 4.79 Å². The predicted octanol–water partition coefficient (Wildman–Crippen LogP) is 4.46. The van der Waals surface area contributed by atoms with Gasteiger partial charge in [0.25, 0.3) is 0 Å². The van der Waals surface area contributed by atoms with Gasteiger partial charge in [-0.3, -0.25) is 4.79 Å². The van der Waals surface area contributed by atoms with Crippen LogP contribution in [0.15, 0.2) is 35.9 Å². The van der Waals surface area contributed by atoms with Crippen LogP contribution in [0.5, 0.6) is 0 Å². The van der Waals surface area contributed by atoms with E-state index in [2.05, 4.69) is 29.3 Å². The first-order valence-corrected chi connectivity index (χ1v) is 9.43. The minimum absolute atomic E-state index is 0.0854. The fraction of sp³-hybridized carbons (Fsp3) is 0.421. The zero-order valence-electron chi connectivity index (χ0n) is 15.4. The van der Waals surface area contributed by atoms with Crippen molar-refractivity contribution in [1.29, 1.82) is 0 Å². The molecule has 0 atom stereocenters. The lowest BCUT2D eigenvalue weighted by atomic mass is 9.78. The lowest BCUT2D eigenvalue weighted by Crippen LogP contribution is -2.41. The van der Waals surface area contributed by atoms with Crippen LogP contribution in [0.4, 0.5) is 0 Å². The monoisotopic (exact) mass is 357 g/mol. The summed E-state index contributed by atoms with van der Waals surface area (Å²) in [6.07, 6.45) is 4.00. The number of rotatable bonds is 4. The van der Waals surface area contributed by atoms with Gasteiger partial charge in [0.05, 0.1) is 11.2 Å². The Morgan fingerprint density at radius 3 is 2.52 bits per heavy atom. The van der Waals surface area contributed by atoms with Gasteiger partial charge in [-0.1, -0.05) is 30.0 Å². The summed E-state index contributed by atoms with van der Waals surface area (Å²) in [5, 5.41) is 1.26. The third-order valence-electron chi connectivity index (χ3n) is 4.93. The molecule has 3 rings (SSSR count). The van der Waals surface area contributed by atoms with Crippen LogP contribution in [0.2, 0.25) is 0 Å². The summed E-state index contributed by atoms with van der Waals surface area (Å²) < 4.78 is 12.4. The van der Waals surface area contributed by atoms with E-state index in [1.54, 1.807) is 6.92 Å². The van der Waals surface area contributed by atoms with Crippen molar-refractivity contribution in [3.63, 3.8) is 0 Å². The summed E-state index contributed by atoms with van der Waals surface area (Å²) in [6, 6.07) is 8.29. The minimum Gasteiger partial charge on any atom is -0.400 e. The second-order valence-electron chi connectivity index (χ2n) is 7.41. The van der Waals surface area contributed by atoms with Crippen molar-refractivity contribution in [3.8, 4) is 0 Å². The van der Waals surface area contributed by atoms with Gasteiger partial charge in [-0.15, -0.1) is 0 Å². The molecule has 0 unspecified atom stereocenters. The standard InChI is InChI=1S/C19H24BNO3S/c1-13(22)25-12-16(20-23-18(2,3)19(4,5)24-20)10-14-6-7-15-8-9-21-17(15)11-14/h6-11,21H,12H2,1-5H3. The molecule has 1 fully saturated rings. The zero-order chi connectivity index (χ0) is 18.2. The summed E-state index contributed by atoms with van der Waals surface area (Å²) in [5.74, 6) is 0.551. The maximum Gasteiger partial charge on any atom is 0.491 e. The van der Waals surface area contributed by atoms with E-state index in [0.717, 1.165) is 16.6 Å². The number of fused-ring (bicyclic) bond motifs is 1. The number of hydrogen-bond donors (Lipinski definition) is 1. The van der Waals surface area contributed by atoms with Crippen LogP contribution < -0.4 is 0 Å². The summed E-state index contributed by atoms with van der Waals surface area (Å²) in [7, 11) is -0.448. The van der Waals surface area contributed by atoms with Crippen molar-refractivity contribution in [1.82, 2.24) is 4.98 Å². The smallest absolute Gasteiger partial charge is 0.400 e. The average Bonchev–Trinajstić information content (AvgIpc) is 3.05. The highest BCUT2D eigenvalue weighted by Gasteiger charge is 2.52. The van der Waals surface area contributed by atoms with Crippen LogP contribution in [0, 0.1) is 0 Å². The van der Waals surface area contributed by atoms with Crippen LogP contribution in [-0.4, -0.2) is 34.2 Å². The van der Waals surface area contributed by atoms with E-state index in [1.807, 2.05) is 40.0 Å². The summed E-state index contributed by atoms with van der Waals surface area (Å²) in [5.41, 5.74) is 2.30. The number of nitrogens with one attached hydrogen (secondary N) is 1. The molecule has 2 aromatic rings. The van der Waals surface area contributed by atoms with Gasteiger partial charge in [-0.25, -0.2) is 0 Å². The molecule has 1 saturated heterocycles. The highest BCUT2D eigenvalue weighted by Crippen LogP contribution is 2.39. The lowest BCUT2D eigenvalue weighted by Gasteiger charge is -2.32. The lowest BCUT2D eigenvalue weighted by molar-refractivity contribution is -0.109. The van der Waals surface area contributed by atoms with Crippen LogP contribution >= 0.6 is 11.8 Å². The van der Waals surface area contributed by atoms with Gasteiger partial charge in [-0.2, -0.15) is 0 Å². The first kappa shape index (κ1) is 18.3. The number of aromatic nitrogens is 1. The number of aromatic amines is 1. The Kier molecular flexibility index (Phi) is 4.88. The molecule has 132 valence electrons. The van der Waals surface area contributed by atoms with Crippen molar-refractivity contribution >= 4 is 41.0 Å². The fourth-order valence-electron chi connectivity index (χ4n) is 2.73. The van der Waals surface area contributed by atoms with E-state index >= 15 is 0 Å². The predicted molar refractivity (Wildman–Crippen MR) is 105 cm³/mol. The quantitative estimate of drug-likeness (QED) is 0.821. The molecule has 0 bridgehead atoms. The van der Waals surface area contributed by atoms with Crippen LogP contribution in [0.3, 0.4) is 0 Å². The van der Waals surface area contributed by atoms with Gasteiger partial charge in [0.2, 0.25) is 0 Å². The number of thioether (sulfide) groups is 1. The Bertz CT molecular complexity index is 809. The molecule has 0 spiro atoms. The number of carbonyl (C=O) groups is 1. The fourth-order valence-corrected chi connectivity index (χ4v) is 3.32. The maximum atomic E-state index is 11.5. The van der Waals surface area contributed by atoms with Crippen molar-refractivity contribution in [3.05, 3.63) is 41.5 Å². The molecule has 25 heavy (non-hydrogen) atoms. The van der Waals surface area contributed by atoms with Gasteiger partial charge in [0, 0.05) is 24.4 Å². The van der Waals surface area contributed by atoms with E-state index < -0.39 is 18.3 Å². The van der Waals surface area contributed by atoms with Gasteiger partial charge in [0.1, 0.15) is 0 Å². The van der Waals surface area contributed by atoms with Gasteiger partial charge in [0.15, 0.2) is 5.12 Å². The highest BCUT2D eigenvalue weighted by atomic mass is 32.2. The van der Waals surface area contributed by atoms with E-state index in [4.69, 9.17) is 9.31 Å². The largest absolute Gasteiger partial charge is 0.491 e. The first-order valence-electron chi connectivity index (χ1n) is 8.44. The van der Waals surface area contributed by atoms with Crippen LogP contribution in [-0.2, 0) is 14.1 Å². The number of benzene rings is 1. The maximum absolute atomic E-state index is 11.5. The van der Waals surface area contributed by atoms with Crippen molar-refractivity contribution < 1.29 is 14.1 Å². The molecule has 1 N–H and O–H groups in total. The zero-order valence-corrected chi connectivity index (χ0v) is 16.2. The van der Waals surface area contributed by atoms with E-state index in [-0.39, 0.29) is 5.12 Å². The van der Waals surface area contributed by atoms with Crippen molar-refractivity contribution in [2.45, 2.75) is 45.8 Å². The molecule has 4 nitrogen and oxygen atoms in total. The highest BCUT2D eigenvalue weighted by molar-refractivity contribution is 8.13. The summed E-state index contributed by atoms with van der Waals surface area (Å²) in [6.45, 7) is 9.72. The second kappa shape index (κ2) is 6.67. The summed E-state index contributed by atoms with van der Waals surface area (Å²) >= 11 is 1.28. The van der Waals surface area contributed by atoms with Crippen LogP contribution in [0.1, 0.15) is 40.2 Å². The Morgan fingerprint density at radius 2 is 1.88 bits per heavy atom. The Hall–Kier alpha value is -1.50. The molecule has 1 aromatic carbocycles. The van der Waals surface area contributed by atoms with E-state index in [0.29, 0.717) is 5.75 Å². The molecule has 0 radical (unpaired) electrons. The summed E-state index contributed by atoms with van der Waals surface area (Å²) in [4.78, 5) is 14.7. The number of carbonyl (C=O) groups excluding carboxylic acids is 1. The molecule has 0 saturated carbocycles. The average molecular weight is 357 g/mol.